The van der Waals surface area contributed by atoms with Gasteiger partial charge in [0.1, 0.15) is 48.8 Å². The lowest BCUT2D eigenvalue weighted by molar-refractivity contribution is -0.310. The lowest BCUT2D eigenvalue weighted by Crippen LogP contribution is -2.61. The van der Waals surface area contributed by atoms with Crippen molar-refractivity contribution in [3.63, 3.8) is 0 Å². The molecule has 0 aromatic carbocycles. The molecule has 4 rings (SSSR count). The molecule has 0 aromatic heterocycles. The second kappa shape index (κ2) is 15.2. The summed E-state index contributed by atoms with van der Waals surface area (Å²) in [7, 11) is 0. The Balaban J connectivity index is 1.35. The Kier molecular flexibility index (Phi) is 12.5. The summed E-state index contributed by atoms with van der Waals surface area (Å²) in [6, 6.07) is 0. The molecule has 9 N–H and O–H groups in total. The van der Waals surface area contributed by atoms with Gasteiger partial charge >= 0.3 is 0 Å². The van der Waals surface area contributed by atoms with Crippen LogP contribution >= 0.6 is 0 Å². The third kappa shape index (κ3) is 7.61. The first-order valence-electron chi connectivity index (χ1n) is 16.4. The topological polar surface area (TPSA) is 219 Å². The molecule has 4 aliphatic rings. The minimum absolute atomic E-state index is 0.135. The standard InChI is InChI=1S/C32H56O13/c1-16(8-11-42-29-26(40)24(38)22(36)20(13-33)44-29)6-7-18-17(2)12-19(35)28-31(3,9-5-10-32(18,28)4)15-43-30-27(41)25(39)23(37)21(14-34)45-30/h16,18-30,33-41H,2,5-15H2,1,3-4H3/t16-,18-,19?,20+,21+,22+,23+,24-,25-,26+,27+,28-,29+,30+,31+,32+/m0/s1. The predicted molar refractivity (Wildman–Crippen MR) is 159 cm³/mol. The van der Waals surface area contributed by atoms with Gasteiger partial charge in [0.25, 0.3) is 0 Å². The zero-order valence-electron chi connectivity index (χ0n) is 26.7. The van der Waals surface area contributed by atoms with E-state index in [1.807, 2.05) is 0 Å². The van der Waals surface area contributed by atoms with Crippen molar-refractivity contribution in [2.24, 2.45) is 28.6 Å². The lowest BCUT2D eigenvalue weighted by atomic mass is 9.46. The van der Waals surface area contributed by atoms with Crippen molar-refractivity contribution in [1.82, 2.24) is 0 Å². The number of rotatable bonds is 12. The van der Waals surface area contributed by atoms with Gasteiger partial charge in [-0.1, -0.05) is 45.8 Å². The van der Waals surface area contributed by atoms with Crippen LogP contribution < -0.4 is 0 Å². The Morgan fingerprint density at radius 1 is 0.800 bits per heavy atom. The van der Waals surface area contributed by atoms with Crippen LogP contribution in [-0.4, -0.2) is 140 Å². The first-order chi connectivity index (χ1) is 21.2. The van der Waals surface area contributed by atoms with Crippen molar-refractivity contribution in [2.45, 2.75) is 133 Å². The van der Waals surface area contributed by atoms with Gasteiger partial charge in [0.15, 0.2) is 12.6 Å². The molecule has 2 saturated carbocycles. The Labute approximate surface area is 265 Å². The van der Waals surface area contributed by atoms with Gasteiger partial charge in [-0.2, -0.15) is 0 Å². The summed E-state index contributed by atoms with van der Waals surface area (Å²) < 4.78 is 22.8. The van der Waals surface area contributed by atoms with Gasteiger partial charge in [-0.25, -0.2) is 0 Å². The molecule has 13 nitrogen and oxygen atoms in total. The fourth-order valence-corrected chi connectivity index (χ4v) is 8.63. The summed E-state index contributed by atoms with van der Waals surface area (Å²) in [6.45, 7) is 10.1. The lowest BCUT2D eigenvalue weighted by Gasteiger charge is -2.60. The Bertz CT molecular complexity index is 965. The molecule has 4 fully saturated rings. The van der Waals surface area contributed by atoms with Crippen LogP contribution in [0.1, 0.15) is 65.7 Å². The summed E-state index contributed by atoms with van der Waals surface area (Å²) in [5, 5.41) is 91.4. The molecule has 45 heavy (non-hydrogen) atoms. The Morgan fingerprint density at radius 3 is 1.91 bits per heavy atom. The van der Waals surface area contributed by atoms with E-state index in [0.717, 1.165) is 37.7 Å². The first-order valence-corrected chi connectivity index (χ1v) is 16.4. The molecule has 1 unspecified atom stereocenters. The third-order valence-electron chi connectivity index (χ3n) is 11.2. The average molecular weight is 649 g/mol. The summed E-state index contributed by atoms with van der Waals surface area (Å²) in [6.07, 6.45) is -8.50. The quantitative estimate of drug-likeness (QED) is 0.118. The smallest absolute Gasteiger partial charge is 0.186 e. The van der Waals surface area contributed by atoms with E-state index in [0.29, 0.717) is 12.8 Å². The maximum atomic E-state index is 11.4. The van der Waals surface area contributed by atoms with Crippen molar-refractivity contribution >= 4 is 0 Å². The van der Waals surface area contributed by atoms with Crippen molar-refractivity contribution in [2.75, 3.05) is 26.4 Å². The molecule has 2 aliphatic carbocycles. The van der Waals surface area contributed by atoms with E-state index >= 15 is 0 Å². The third-order valence-corrected chi connectivity index (χ3v) is 11.2. The molecule has 0 amide bonds. The average Bonchev–Trinajstić information content (AvgIpc) is 2.99. The normalized spacial score (nSPS) is 48.2. The number of aliphatic hydroxyl groups is 9. The van der Waals surface area contributed by atoms with Crippen LogP contribution in [0.15, 0.2) is 12.2 Å². The van der Waals surface area contributed by atoms with Crippen LogP contribution in [0.5, 0.6) is 0 Å². The number of fused-ring (bicyclic) bond motifs is 1. The highest BCUT2D eigenvalue weighted by Crippen LogP contribution is 2.62. The molecule has 16 atom stereocenters. The number of hydrogen-bond donors (Lipinski definition) is 9. The van der Waals surface area contributed by atoms with Crippen molar-refractivity contribution in [1.29, 1.82) is 0 Å². The highest BCUT2D eigenvalue weighted by molar-refractivity contribution is 5.19. The zero-order valence-corrected chi connectivity index (χ0v) is 26.7. The van der Waals surface area contributed by atoms with E-state index in [4.69, 9.17) is 18.9 Å². The summed E-state index contributed by atoms with van der Waals surface area (Å²) in [5.41, 5.74) is 0.271. The van der Waals surface area contributed by atoms with Gasteiger partial charge in [-0.3, -0.25) is 0 Å². The van der Waals surface area contributed by atoms with Crippen LogP contribution in [0.2, 0.25) is 0 Å². The van der Waals surface area contributed by atoms with Gasteiger partial charge in [-0.15, -0.1) is 0 Å². The number of ether oxygens (including phenoxy) is 4. The van der Waals surface area contributed by atoms with Gasteiger partial charge in [0.2, 0.25) is 0 Å². The molecule has 2 saturated heterocycles. The zero-order chi connectivity index (χ0) is 33.3. The Hall–Kier alpha value is -0.780. The van der Waals surface area contributed by atoms with E-state index < -0.39 is 86.1 Å². The van der Waals surface area contributed by atoms with Crippen LogP contribution in [0.25, 0.3) is 0 Å². The highest BCUT2D eigenvalue weighted by Gasteiger charge is 2.58. The van der Waals surface area contributed by atoms with Crippen LogP contribution in [0.4, 0.5) is 0 Å². The molecular formula is C32H56O13. The maximum absolute atomic E-state index is 11.4. The number of hydrogen-bond acceptors (Lipinski definition) is 13. The van der Waals surface area contributed by atoms with E-state index in [1.54, 1.807) is 0 Å². The van der Waals surface area contributed by atoms with E-state index in [2.05, 4.69) is 27.4 Å². The van der Waals surface area contributed by atoms with Crippen LogP contribution in [-0.2, 0) is 18.9 Å². The monoisotopic (exact) mass is 648 g/mol. The van der Waals surface area contributed by atoms with Crippen molar-refractivity contribution < 1.29 is 64.9 Å². The summed E-state index contributed by atoms with van der Waals surface area (Å²) in [5.74, 6) is 0.247. The molecule has 2 aliphatic heterocycles. The molecule has 13 heteroatoms. The minimum atomic E-state index is -1.53. The van der Waals surface area contributed by atoms with E-state index in [-0.39, 0.29) is 36.4 Å². The molecule has 2 heterocycles. The van der Waals surface area contributed by atoms with Crippen LogP contribution in [0.3, 0.4) is 0 Å². The van der Waals surface area contributed by atoms with Gasteiger partial charge < -0.3 is 64.9 Å². The van der Waals surface area contributed by atoms with Gasteiger partial charge in [-0.05, 0) is 60.7 Å². The first kappa shape index (κ1) is 37.0. The van der Waals surface area contributed by atoms with Crippen LogP contribution in [0, 0.1) is 28.6 Å². The van der Waals surface area contributed by atoms with Gasteiger partial charge in [0, 0.05) is 0 Å². The largest absolute Gasteiger partial charge is 0.394 e. The molecule has 0 spiro atoms. The van der Waals surface area contributed by atoms with Crippen molar-refractivity contribution in [3.8, 4) is 0 Å². The molecule has 0 aromatic rings. The fraction of sp³-hybridized carbons (Fsp3) is 0.938. The molecule has 0 radical (unpaired) electrons. The van der Waals surface area contributed by atoms with Gasteiger partial charge in [0.05, 0.1) is 32.5 Å². The molecule has 0 bridgehead atoms. The summed E-state index contributed by atoms with van der Waals surface area (Å²) >= 11 is 0. The molecule has 262 valence electrons. The highest BCUT2D eigenvalue weighted by atomic mass is 16.7. The summed E-state index contributed by atoms with van der Waals surface area (Å²) in [4.78, 5) is 0. The maximum Gasteiger partial charge on any atom is 0.186 e. The van der Waals surface area contributed by atoms with E-state index in [9.17, 15) is 46.0 Å². The molecular weight excluding hydrogens is 592 g/mol. The second-order valence-corrected chi connectivity index (χ2v) is 14.5. The number of aliphatic hydroxyl groups excluding tert-OH is 9. The second-order valence-electron chi connectivity index (χ2n) is 14.5. The van der Waals surface area contributed by atoms with E-state index in [1.165, 1.54) is 0 Å². The minimum Gasteiger partial charge on any atom is -0.394 e. The predicted octanol–water partition coefficient (Wildman–Crippen LogP) is -0.824. The fourth-order valence-electron chi connectivity index (χ4n) is 8.63. The Morgan fingerprint density at radius 2 is 1.36 bits per heavy atom. The van der Waals surface area contributed by atoms with Crippen molar-refractivity contribution in [3.05, 3.63) is 12.2 Å². The SMILES string of the molecule is C=C1CC(O)[C@H]2[C@@](C)(CO[C@@H]3O[C@H](CO)[C@@H](O)[C@H](O)[C@H]3O)CCC[C@]2(C)[C@H]1CC[C@H](C)CCO[C@@H]1O[C@H](CO)[C@@H](O)[C@H](O)[C@H]1O.